The van der Waals surface area contributed by atoms with E-state index >= 15 is 0 Å². The highest BCUT2D eigenvalue weighted by Crippen LogP contribution is 2.23. The lowest BCUT2D eigenvalue weighted by Gasteiger charge is -2.19. The second-order valence-electron chi connectivity index (χ2n) is 7.56. The van der Waals surface area contributed by atoms with Gasteiger partial charge in [0, 0.05) is 36.6 Å². The van der Waals surface area contributed by atoms with Crippen molar-refractivity contribution in [2.24, 2.45) is 0 Å². The summed E-state index contributed by atoms with van der Waals surface area (Å²) in [7, 11) is 1.75. The van der Waals surface area contributed by atoms with Gasteiger partial charge in [0.25, 0.3) is 0 Å². The molecule has 0 bridgehead atoms. The Kier molecular flexibility index (Phi) is 9.75. The summed E-state index contributed by atoms with van der Waals surface area (Å²) in [5.74, 6) is -0.915. The number of pyridine rings is 1. The highest BCUT2D eigenvalue weighted by atomic mass is 16.4. The molecule has 1 aromatic heterocycles. The number of urea groups is 1. The first-order valence-corrected chi connectivity index (χ1v) is 11.0. The van der Waals surface area contributed by atoms with Gasteiger partial charge in [-0.2, -0.15) is 0 Å². The molecule has 2 N–H and O–H groups in total. The number of nitrogens with one attached hydrogen (secondary N) is 1. The van der Waals surface area contributed by atoms with Crippen molar-refractivity contribution in [3.63, 3.8) is 0 Å². The monoisotopic (exact) mass is 423 g/mol. The van der Waals surface area contributed by atoms with E-state index in [0.717, 1.165) is 35.3 Å². The van der Waals surface area contributed by atoms with Crippen LogP contribution in [-0.4, -0.2) is 35.7 Å². The first-order valence-electron chi connectivity index (χ1n) is 11.0. The van der Waals surface area contributed by atoms with Crippen molar-refractivity contribution >= 4 is 23.8 Å². The van der Waals surface area contributed by atoms with Crippen molar-refractivity contribution in [3.8, 4) is 11.3 Å². The number of carboxylic acids is 1. The molecule has 0 aliphatic carbocycles. The molecule has 2 aromatic rings. The second kappa shape index (κ2) is 12.5. The van der Waals surface area contributed by atoms with Gasteiger partial charge in [-0.3, -0.25) is 9.88 Å². The standard InChI is InChI=1S/C25H33N3O3/c1-4-6-7-8-9-15-26-25(31)28(3)22-12-10-11-21(17-22)23-14-13-19(18-27-23)16-20(5-2)24(29)30/h10-14,16-18H,4-9,15H2,1-3H3,(H,26,31)(H,29,30)/b20-16-. The van der Waals surface area contributed by atoms with Crippen LogP contribution >= 0.6 is 0 Å². The first kappa shape index (κ1) is 24.1. The van der Waals surface area contributed by atoms with Crippen molar-refractivity contribution in [2.75, 3.05) is 18.5 Å². The van der Waals surface area contributed by atoms with Gasteiger partial charge < -0.3 is 10.4 Å². The molecule has 0 radical (unpaired) electrons. The molecule has 6 nitrogen and oxygen atoms in total. The molecule has 1 aromatic carbocycles. The van der Waals surface area contributed by atoms with Gasteiger partial charge in [-0.05, 0) is 42.7 Å². The zero-order valence-corrected chi connectivity index (χ0v) is 18.7. The van der Waals surface area contributed by atoms with Crippen LogP contribution in [0.1, 0.15) is 57.9 Å². The summed E-state index contributed by atoms with van der Waals surface area (Å²) in [6.07, 6.45) is 9.54. The van der Waals surface area contributed by atoms with Crippen LogP contribution in [0.3, 0.4) is 0 Å². The van der Waals surface area contributed by atoms with Crippen molar-refractivity contribution in [1.29, 1.82) is 0 Å². The molecule has 0 atom stereocenters. The Hall–Kier alpha value is -3.15. The summed E-state index contributed by atoms with van der Waals surface area (Å²) >= 11 is 0. The number of unbranched alkanes of at least 4 members (excludes halogenated alkanes) is 4. The molecule has 2 rings (SSSR count). The Morgan fingerprint density at radius 2 is 1.87 bits per heavy atom. The van der Waals surface area contributed by atoms with Gasteiger partial charge in [-0.15, -0.1) is 0 Å². The minimum atomic E-state index is -0.915. The van der Waals surface area contributed by atoms with E-state index in [1.165, 1.54) is 19.3 Å². The van der Waals surface area contributed by atoms with Gasteiger partial charge in [-0.1, -0.05) is 57.7 Å². The van der Waals surface area contributed by atoms with E-state index in [-0.39, 0.29) is 6.03 Å². The minimum absolute atomic E-state index is 0.123. The highest BCUT2D eigenvalue weighted by Gasteiger charge is 2.11. The van der Waals surface area contributed by atoms with Crippen molar-refractivity contribution < 1.29 is 14.7 Å². The van der Waals surface area contributed by atoms with Gasteiger partial charge >= 0.3 is 12.0 Å². The predicted molar refractivity (Wildman–Crippen MR) is 126 cm³/mol. The van der Waals surface area contributed by atoms with E-state index in [2.05, 4.69) is 17.2 Å². The van der Waals surface area contributed by atoms with Crippen LogP contribution in [0, 0.1) is 0 Å². The highest BCUT2D eigenvalue weighted by molar-refractivity contribution is 5.92. The molecule has 0 saturated carbocycles. The SMILES string of the molecule is CCCCCCCNC(=O)N(C)c1cccc(-c2ccc(/C=C(/CC)C(=O)O)cn2)c1. The van der Waals surface area contributed by atoms with Crippen molar-refractivity contribution in [1.82, 2.24) is 10.3 Å². The lowest BCUT2D eigenvalue weighted by atomic mass is 10.1. The molecule has 0 saturated heterocycles. The molecule has 31 heavy (non-hydrogen) atoms. The summed E-state index contributed by atoms with van der Waals surface area (Å²) < 4.78 is 0. The molecule has 2 amide bonds. The van der Waals surface area contributed by atoms with Crippen molar-refractivity contribution in [2.45, 2.75) is 52.4 Å². The Bertz CT molecular complexity index is 891. The average molecular weight is 424 g/mol. The number of aliphatic carboxylic acids is 1. The molecular formula is C25H33N3O3. The summed E-state index contributed by atoms with van der Waals surface area (Å²) in [5.41, 5.74) is 3.52. The Labute approximate surface area is 185 Å². The maximum Gasteiger partial charge on any atom is 0.331 e. The Morgan fingerprint density at radius 1 is 1.10 bits per heavy atom. The van der Waals surface area contributed by atoms with Crippen LogP contribution in [0.25, 0.3) is 17.3 Å². The number of hydrogen-bond donors (Lipinski definition) is 2. The van der Waals surface area contributed by atoms with E-state index in [0.29, 0.717) is 18.5 Å². The maximum atomic E-state index is 12.5. The summed E-state index contributed by atoms with van der Waals surface area (Å²) in [6.45, 7) is 4.68. The summed E-state index contributed by atoms with van der Waals surface area (Å²) in [5, 5.41) is 12.1. The van der Waals surface area contributed by atoms with Crippen LogP contribution < -0.4 is 10.2 Å². The van der Waals surface area contributed by atoms with E-state index < -0.39 is 5.97 Å². The normalized spacial score (nSPS) is 11.3. The fourth-order valence-corrected chi connectivity index (χ4v) is 3.21. The molecule has 6 heteroatoms. The van der Waals surface area contributed by atoms with E-state index in [4.69, 9.17) is 0 Å². The number of anilines is 1. The van der Waals surface area contributed by atoms with Crippen LogP contribution in [0.5, 0.6) is 0 Å². The molecular weight excluding hydrogens is 390 g/mol. The zero-order chi connectivity index (χ0) is 22.6. The molecule has 0 aliphatic rings. The topological polar surface area (TPSA) is 82.5 Å². The van der Waals surface area contributed by atoms with Crippen LogP contribution in [0.15, 0.2) is 48.2 Å². The average Bonchev–Trinajstić information content (AvgIpc) is 2.79. The summed E-state index contributed by atoms with van der Waals surface area (Å²) in [6, 6.07) is 11.2. The van der Waals surface area contributed by atoms with Gasteiger partial charge in [0.2, 0.25) is 0 Å². The number of rotatable bonds is 11. The first-order chi connectivity index (χ1) is 15.0. The zero-order valence-electron chi connectivity index (χ0n) is 18.7. The molecule has 0 spiro atoms. The number of carboxylic acid groups (broad SMARTS) is 1. The van der Waals surface area contributed by atoms with E-state index in [1.807, 2.05) is 43.3 Å². The smallest absolute Gasteiger partial charge is 0.331 e. The third-order valence-corrected chi connectivity index (χ3v) is 5.17. The minimum Gasteiger partial charge on any atom is -0.478 e. The Balaban J connectivity index is 2.02. The second-order valence-corrected chi connectivity index (χ2v) is 7.56. The number of benzene rings is 1. The largest absolute Gasteiger partial charge is 0.478 e. The Morgan fingerprint density at radius 3 is 2.52 bits per heavy atom. The third-order valence-electron chi connectivity index (χ3n) is 5.17. The number of amides is 2. The maximum absolute atomic E-state index is 12.5. The fraction of sp³-hybridized carbons (Fsp3) is 0.400. The number of carbonyl (C=O) groups is 2. The van der Waals surface area contributed by atoms with Crippen LogP contribution in [-0.2, 0) is 4.79 Å². The molecule has 0 fully saturated rings. The molecule has 0 unspecified atom stereocenters. The third kappa shape index (κ3) is 7.55. The van der Waals surface area contributed by atoms with Gasteiger partial charge in [0.05, 0.1) is 5.69 Å². The quantitative estimate of drug-likeness (QED) is 0.356. The predicted octanol–water partition coefficient (Wildman–Crippen LogP) is 5.74. The number of hydrogen-bond acceptors (Lipinski definition) is 3. The van der Waals surface area contributed by atoms with E-state index in [9.17, 15) is 14.7 Å². The lowest BCUT2D eigenvalue weighted by molar-refractivity contribution is -0.132. The lowest BCUT2D eigenvalue weighted by Crippen LogP contribution is -2.37. The van der Waals surface area contributed by atoms with Crippen LogP contribution in [0.2, 0.25) is 0 Å². The van der Waals surface area contributed by atoms with Crippen molar-refractivity contribution in [3.05, 3.63) is 53.7 Å². The number of nitrogens with zero attached hydrogens (tertiary/aromatic N) is 2. The number of aromatic nitrogens is 1. The number of carbonyl (C=O) groups excluding carboxylic acids is 1. The molecule has 1 heterocycles. The molecule has 0 aliphatic heterocycles. The fourth-order valence-electron chi connectivity index (χ4n) is 3.21. The van der Waals surface area contributed by atoms with Gasteiger partial charge in [0.15, 0.2) is 0 Å². The van der Waals surface area contributed by atoms with Gasteiger partial charge in [-0.25, -0.2) is 9.59 Å². The van der Waals surface area contributed by atoms with E-state index in [1.54, 1.807) is 24.2 Å². The molecule has 166 valence electrons. The van der Waals surface area contributed by atoms with Crippen LogP contribution in [0.4, 0.5) is 10.5 Å². The summed E-state index contributed by atoms with van der Waals surface area (Å²) in [4.78, 5) is 29.7. The van der Waals surface area contributed by atoms with Gasteiger partial charge in [0.1, 0.15) is 0 Å².